The van der Waals surface area contributed by atoms with Gasteiger partial charge in [0.05, 0.1) is 26.3 Å². The number of fused-ring (bicyclic) bond motifs is 1. The minimum atomic E-state index is -0.658. The molecule has 1 unspecified atom stereocenters. The molecular weight excluding hydrogens is 518 g/mol. The molecule has 9 heteroatoms. The molecule has 3 aromatic rings. The Balaban J connectivity index is 0.000000367. The zero-order valence-corrected chi connectivity index (χ0v) is 23.8. The summed E-state index contributed by atoms with van der Waals surface area (Å²) in [5.74, 6) is -0.262. The molecule has 2 saturated heterocycles. The molecule has 0 aliphatic carbocycles. The third kappa shape index (κ3) is 8.00. The zero-order chi connectivity index (χ0) is 29.0. The van der Waals surface area contributed by atoms with Gasteiger partial charge in [0.25, 0.3) is 0 Å². The standard InChI is InChI=1S/C24H28N4O4.C8H11N/c1-25-16-23(30)28-21(14-19-8-4-2-5-9-19)24(31)26(15-22(28)27(25)18-29)12-13-32-17-20-10-6-3-7-11-20;1-9-7-8-5-3-2-4-6-8/h2-11,18,21-22H,12-17H2,1H3;2-6,9H,7H2,1H3/t21-,22?;/m0./s1. The number of carbonyl (C=O) groups is 3. The average molecular weight is 558 g/mol. The van der Waals surface area contributed by atoms with E-state index in [9.17, 15) is 14.4 Å². The molecule has 1 N–H and O–H groups in total. The van der Waals surface area contributed by atoms with Crippen molar-refractivity contribution in [2.45, 2.75) is 31.8 Å². The number of carbonyl (C=O) groups excluding carboxylic acids is 3. The molecule has 2 heterocycles. The van der Waals surface area contributed by atoms with Crippen molar-refractivity contribution in [2.75, 3.05) is 40.3 Å². The number of hydrogen-bond acceptors (Lipinski definition) is 6. The third-order valence-electron chi connectivity index (χ3n) is 7.21. The highest BCUT2D eigenvalue weighted by Crippen LogP contribution is 2.26. The van der Waals surface area contributed by atoms with Crippen molar-refractivity contribution in [3.63, 3.8) is 0 Å². The second kappa shape index (κ2) is 15.1. The lowest BCUT2D eigenvalue weighted by Gasteiger charge is -2.53. The first-order chi connectivity index (χ1) is 20.0. The van der Waals surface area contributed by atoms with E-state index in [1.807, 2.05) is 85.9 Å². The lowest BCUT2D eigenvalue weighted by Crippen LogP contribution is -2.74. The first-order valence-electron chi connectivity index (χ1n) is 13.9. The van der Waals surface area contributed by atoms with Gasteiger partial charge in [-0.25, -0.2) is 5.01 Å². The Hall–Kier alpha value is -4.05. The summed E-state index contributed by atoms with van der Waals surface area (Å²) >= 11 is 0. The lowest BCUT2D eigenvalue weighted by molar-refractivity contribution is -0.196. The largest absolute Gasteiger partial charge is 0.375 e. The van der Waals surface area contributed by atoms with Gasteiger partial charge >= 0.3 is 0 Å². The topological polar surface area (TPSA) is 85.4 Å². The van der Waals surface area contributed by atoms with Gasteiger partial charge in [-0.1, -0.05) is 91.0 Å². The van der Waals surface area contributed by atoms with E-state index in [-0.39, 0.29) is 24.9 Å². The Bertz CT molecular complexity index is 1240. The van der Waals surface area contributed by atoms with Crippen LogP contribution in [0, 0.1) is 0 Å². The van der Waals surface area contributed by atoms with Crippen LogP contribution in [-0.4, -0.2) is 90.6 Å². The number of nitrogens with zero attached hydrogens (tertiary/aromatic N) is 4. The fraction of sp³-hybridized carbons (Fsp3) is 0.344. The molecule has 5 rings (SSSR count). The van der Waals surface area contributed by atoms with Crippen molar-refractivity contribution in [1.29, 1.82) is 0 Å². The second-order valence-corrected chi connectivity index (χ2v) is 10.1. The highest BCUT2D eigenvalue weighted by atomic mass is 16.5. The first kappa shape index (κ1) is 29.9. The van der Waals surface area contributed by atoms with Gasteiger partial charge in [-0.2, -0.15) is 0 Å². The van der Waals surface area contributed by atoms with Crippen LogP contribution in [0.3, 0.4) is 0 Å². The molecule has 3 amide bonds. The molecule has 9 nitrogen and oxygen atoms in total. The molecule has 0 aromatic heterocycles. The predicted octanol–water partition coefficient (Wildman–Crippen LogP) is 2.54. The first-order valence-corrected chi connectivity index (χ1v) is 13.9. The summed E-state index contributed by atoms with van der Waals surface area (Å²) in [5.41, 5.74) is 3.37. The summed E-state index contributed by atoms with van der Waals surface area (Å²) in [6, 6.07) is 29.2. The van der Waals surface area contributed by atoms with Crippen LogP contribution < -0.4 is 5.32 Å². The summed E-state index contributed by atoms with van der Waals surface area (Å²) in [4.78, 5) is 41.5. The summed E-state index contributed by atoms with van der Waals surface area (Å²) in [6.45, 7) is 2.51. The van der Waals surface area contributed by atoms with E-state index in [4.69, 9.17) is 4.74 Å². The molecule has 2 aliphatic heterocycles. The molecular formula is C32H39N5O4. The smallest absolute Gasteiger partial charge is 0.246 e. The highest BCUT2D eigenvalue weighted by Gasteiger charge is 2.48. The maximum absolute atomic E-state index is 13.4. The van der Waals surface area contributed by atoms with E-state index in [0.717, 1.165) is 24.1 Å². The van der Waals surface area contributed by atoms with E-state index in [0.29, 0.717) is 26.2 Å². The Morgan fingerprint density at radius 3 is 2.05 bits per heavy atom. The molecule has 3 aromatic carbocycles. The summed E-state index contributed by atoms with van der Waals surface area (Å²) < 4.78 is 5.79. The van der Waals surface area contributed by atoms with Gasteiger partial charge in [-0.3, -0.25) is 19.4 Å². The normalized spacial score (nSPS) is 18.9. The van der Waals surface area contributed by atoms with Crippen molar-refractivity contribution in [3.8, 4) is 0 Å². The van der Waals surface area contributed by atoms with E-state index >= 15 is 0 Å². The number of ether oxygens (including phenoxy) is 1. The molecule has 0 bridgehead atoms. The molecule has 0 saturated carbocycles. The average Bonchev–Trinajstić information content (AvgIpc) is 2.99. The maximum Gasteiger partial charge on any atom is 0.246 e. The van der Waals surface area contributed by atoms with Crippen LogP contribution >= 0.6 is 0 Å². The van der Waals surface area contributed by atoms with E-state index in [1.165, 1.54) is 10.6 Å². The SMILES string of the molecule is CN1CC(=O)N2C(CN(CCOCc3ccccc3)C(=O)[C@@H]2Cc2ccccc2)N1C=O.CNCc1ccccc1. The van der Waals surface area contributed by atoms with Crippen LogP contribution in [0.1, 0.15) is 16.7 Å². The Morgan fingerprint density at radius 1 is 0.878 bits per heavy atom. The molecule has 216 valence electrons. The van der Waals surface area contributed by atoms with E-state index in [2.05, 4.69) is 17.4 Å². The summed E-state index contributed by atoms with van der Waals surface area (Å²) in [6.07, 6.45) is 0.600. The lowest BCUT2D eigenvalue weighted by atomic mass is 9.99. The molecule has 0 spiro atoms. The van der Waals surface area contributed by atoms with Crippen molar-refractivity contribution in [1.82, 2.24) is 25.1 Å². The molecule has 41 heavy (non-hydrogen) atoms. The van der Waals surface area contributed by atoms with Gasteiger partial charge < -0.3 is 19.9 Å². The summed E-state index contributed by atoms with van der Waals surface area (Å²) in [5, 5.41) is 6.19. The minimum Gasteiger partial charge on any atom is -0.375 e. The van der Waals surface area contributed by atoms with Crippen LogP contribution in [-0.2, 0) is 38.7 Å². The fourth-order valence-corrected chi connectivity index (χ4v) is 5.16. The number of rotatable bonds is 10. The van der Waals surface area contributed by atoms with E-state index < -0.39 is 12.2 Å². The summed E-state index contributed by atoms with van der Waals surface area (Å²) in [7, 11) is 3.66. The number of likely N-dealkylation sites (N-methyl/N-ethyl adjacent to an activating group) is 1. The predicted molar refractivity (Wildman–Crippen MR) is 157 cm³/mol. The third-order valence-corrected chi connectivity index (χ3v) is 7.21. The van der Waals surface area contributed by atoms with Gasteiger partial charge in [0.1, 0.15) is 12.2 Å². The van der Waals surface area contributed by atoms with Gasteiger partial charge in [-0.05, 0) is 23.7 Å². The van der Waals surface area contributed by atoms with Crippen LogP contribution in [0.2, 0.25) is 0 Å². The van der Waals surface area contributed by atoms with Gasteiger partial charge in [0, 0.05) is 26.6 Å². The molecule has 2 atom stereocenters. The number of amides is 3. The molecule has 2 aliphatic rings. The second-order valence-electron chi connectivity index (χ2n) is 10.1. The van der Waals surface area contributed by atoms with Gasteiger partial charge in [0.2, 0.25) is 18.2 Å². The zero-order valence-electron chi connectivity index (χ0n) is 23.8. The Labute approximate surface area is 242 Å². The minimum absolute atomic E-state index is 0.0635. The van der Waals surface area contributed by atoms with Gasteiger partial charge in [0.15, 0.2) is 0 Å². The van der Waals surface area contributed by atoms with Crippen molar-refractivity contribution >= 4 is 18.2 Å². The number of hydrogen-bond donors (Lipinski definition) is 1. The molecule has 2 fully saturated rings. The Kier molecular flexibility index (Phi) is 11.0. The van der Waals surface area contributed by atoms with Crippen molar-refractivity contribution in [3.05, 3.63) is 108 Å². The maximum atomic E-state index is 13.4. The highest BCUT2D eigenvalue weighted by molar-refractivity contribution is 5.91. The van der Waals surface area contributed by atoms with E-state index in [1.54, 1.807) is 21.9 Å². The number of nitrogens with one attached hydrogen (secondary N) is 1. The van der Waals surface area contributed by atoms with Crippen LogP contribution in [0.5, 0.6) is 0 Å². The van der Waals surface area contributed by atoms with Crippen LogP contribution in [0.4, 0.5) is 0 Å². The number of benzene rings is 3. The van der Waals surface area contributed by atoms with Crippen molar-refractivity contribution < 1.29 is 19.1 Å². The quantitative estimate of drug-likeness (QED) is 0.305. The number of piperazine rings is 1. The fourth-order valence-electron chi connectivity index (χ4n) is 5.16. The number of hydrazine groups is 1. The van der Waals surface area contributed by atoms with Crippen LogP contribution in [0.25, 0.3) is 0 Å². The molecule has 0 radical (unpaired) electrons. The Morgan fingerprint density at radius 2 is 1.46 bits per heavy atom. The monoisotopic (exact) mass is 557 g/mol. The van der Waals surface area contributed by atoms with Gasteiger partial charge in [-0.15, -0.1) is 0 Å². The van der Waals surface area contributed by atoms with Crippen molar-refractivity contribution in [2.24, 2.45) is 0 Å². The van der Waals surface area contributed by atoms with Crippen LogP contribution in [0.15, 0.2) is 91.0 Å².